The number of hydrogen-bond donors (Lipinski definition) is 1. The van der Waals surface area contributed by atoms with E-state index in [0.717, 1.165) is 30.8 Å². The van der Waals surface area contributed by atoms with Crippen molar-refractivity contribution < 1.29 is 9.84 Å². The van der Waals surface area contributed by atoms with Gasteiger partial charge in [0.05, 0.1) is 0 Å². The van der Waals surface area contributed by atoms with E-state index in [1.165, 1.54) is 11.1 Å². The fraction of sp³-hybridized carbons (Fsp3) is 0.478. The Hall–Kier alpha value is -1.84. The van der Waals surface area contributed by atoms with E-state index >= 15 is 0 Å². The molecule has 2 aromatic rings. The minimum Gasteiger partial charge on any atom is -0.491 e. The van der Waals surface area contributed by atoms with Gasteiger partial charge < -0.3 is 9.84 Å². The lowest BCUT2D eigenvalue weighted by molar-refractivity contribution is 0.0637. The molecule has 0 heterocycles. The zero-order chi connectivity index (χ0) is 18.9. The van der Waals surface area contributed by atoms with Crippen LogP contribution in [0.5, 0.6) is 5.75 Å². The van der Waals surface area contributed by atoms with Crippen LogP contribution < -0.4 is 4.74 Å². The van der Waals surface area contributed by atoms with Crippen molar-refractivity contribution in [2.45, 2.75) is 46.8 Å². The minimum absolute atomic E-state index is 0.316. The Morgan fingerprint density at radius 1 is 1.04 bits per heavy atom. The monoisotopic (exact) mass is 355 g/mol. The molecule has 1 atom stereocenters. The van der Waals surface area contributed by atoms with E-state index in [0.29, 0.717) is 19.1 Å². The highest BCUT2D eigenvalue weighted by atomic mass is 16.5. The molecule has 0 amide bonds. The number of benzene rings is 2. The summed E-state index contributed by atoms with van der Waals surface area (Å²) < 4.78 is 5.82. The van der Waals surface area contributed by atoms with E-state index < -0.39 is 6.10 Å². The molecular weight excluding hydrogens is 322 g/mol. The number of nitrogens with zero attached hydrogens (tertiary/aromatic N) is 1. The van der Waals surface area contributed by atoms with Gasteiger partial charge >= 0.3 is 0 Å². The normalized spacial score (nSPS) is 12.6. The first-order valence-electron chi connectivity index (χ1n) is 9.58. The standard InChI is InChI=1S/C23H33NO2/c1-18(2)12-13-24(15-21-10-7-8-19(3)14-21)16-22(25)17-26-23-11-6-5-9-20(23)4/h5-11,14,18,22,25H,12-13,15-17H2,1-4H3. The lowest BCUT2D eigenvalue weighted by Crippen LogP contribution is -2.36. The van der Waals surface area contributed by atoms with Gasteiger partial charge in [-0.3, -0.25) is 4.90 Å². The van der Waals surface area contributed by atoms with Crippen molar-refractivity contribution in [2.24, 2.45) is 5.92 Å². The molecule has 0 aromatic heterocycles. The number of aryl methyl sites for hydroxylation is 2. The van der Waals surface area contributed by atoms with E-state index in [1.54, 1.807) is 0 Å². The maximum Gasteiger partial charge on any atom is 0.122 e. The minimum atomic E-state index is -0.508. The van der Waals surface area contributed by atoms with Crippen LogP contribution in [0.15, 0.2) is 48.5 Å². The van der Waals surface area contributed by atoms with E-state index in [2.05, 4.69) is 49.9 Å². The lowest BCUT2D eigenvalue weighted by Gasteiger charge is -2.26. The molecule has 0 aliphatic heterocycles. The molecule has 0 saturated carbocycles. The smallest absolute Gasteiger partial charge is 0.122 e. The van der Waals surface area contributed by atoms with Gasteiger partial charge in [-0.15, -0.1) is 0 Å². The van der Waals surface area contributed by atoms with Crippen LogP contribution in [-0.2, 0) is 6.54 Å². The van der Waals surface area contributed by atoms with Gasteiger partial charge in [0, 0.05) is 13.1 Å². The molecule has 0 saturated heterocycles. The van der Waals surface area contributed by atoms with Crippen LogP contribution in [0.4, 0.5) is 0 Å². The van der Waals surface area contributed by atoms with Crippen LogP contribution in [0.3, 0.4) is 0 Å². The Labute approximate surface area is 158 Å². The van der Waals surface area contributed by atoms with Crippen LogP contribution in [0.1, 0.15) is 37.0 Å². The fourth-order valence-electron chi connectivity index (χ4n) is 3.00. The van der Waals surface area contributed by atoms with Gasteiger partial charge in [0.2, 0.25) is 0 Å². The summed E-state index contributed by atoms with van der Waals surface area (Å²) >= 11 is 0. The van der Waals surface area contributed by atoms with Crippen molar-refractivity contribution in [3.8, 4) is 5.75 Å². The summed E-state index contributed by atoms with van der Waals surface area (Å²) in [7, 11) is 0. The molecule has 3 heteroatoms. The van der Waals surface area contributed by atoms with Crippen molar-refractivity contribution >= 4 is 0 Å². The van der Waals surface area contributed by atoms with Gasteiger partial charge in [0.1, 0.15) is 18.5 Å². The summed E-state index contributed by atoms with van der Waals surface area (Å²) in [6.07, 6.45) is 0.614. The molecule has 0 bridgehead atoms. The summed E-state index contributed by atoms with van der Waals surface area (Å²) in [5, 5.41) is 10.5. The third-order valence-corrected chi connectivity index (χ3v) is 4.51. The number of rotatable bonds is 10. The maximum atomic E-state index is 10.5. The largest absolute Gasteiger partial charge is 0.491 e. The van der Waals surface area contributed by atoms with Crippen LogP contribution in [-0.4, -0.2) is 35.8 Å². The average molecular weight is 356 g/mol. The summed E-state index contributed by atoms with van der Waals surface area (Å²) in [4.78, 5) is 2.33. The fourth-order valence-corrected chi connectivity index (χ4v) is 3.00. The van der Waals surface area contributed by atoms with E-state index in [-0.39, 0.29) is 0 Å². The third kappa shape index (κ3) is 7.19. The predicted molar refractivity (Wildman–Crippen MR) is 109 cm³/mol. The second kappa shape index (κ2) is 10.3. The zero-order valence-electron chi connectivity index (χ0n) is 16.6. The maximum absolute atomic E-state index is 10.5. The Balaban J connectivity index is 1.92. The average Bonchev–Trinajstić information content (AvgIpc) is 2.59. The highest BCUT2D eigenvalue weighted by Crippen LogP contribution is 2.17. The van der Waals surface area contributed by atoms with E-state index in [9.17, 15) is 5.11 Å². The van der Waals surface area contributed by atoms with Gasteiger partial charge in [-0.05, 0) is 49.9 Å². The molecule has 26 heavy (non-hydrogen) atoms. The van der Waals surface area contributed by atoms with Gasteiger partial charge in [-0.1, -0.05) is 61.9 Å². The number of aliphatic hydroxyl groups excluding tert-OH is 1. The van der Waals surface area contributed by atoms with Crippen LogP contribution in [0.25, 0.3) is 0 Å². The Morgan fingerprint density at radius 3 is 2.50 bits per heavy atom. The lowest BCUT2D eigenvalue weighted by atomic mass is 10.1. The van der Waals surface area contributed by atoms with Crippen LogP contribution in [0.2, 0.25) is 0 Å². The molecule has 0 aliphatic rings. The zero-order valence-corrected chi connectivity index (χ0v) is 16.6. The van der Waals surface area contributed by atoms with Gasteiger partial charge in [0.15, 0.2) is 0 Å². The third-order valence-electron chi connectivity index (χ3n) is 4.51. The molecule has 0 spiro atoms. The summed E-state index contributed by atoms with van der Waals surface area (Å²) in [6.45, 7) is 11.4. The summed E-state index contributed by atoms with van der Waals surface area (Å²) in [5.74, 6) is 1.49. The molecule has 1 N–H and O–H groups in total. The molecule has 2 aromatic carbocycles. The Kier molecular flexibility index (Phi) is 8.14. The van der Waals surface area contributed by atoms with Crippen molar-refractivity contribution in [2.75, 3.05) is 19.7 Å². The highest BCUT2D eigenvalue weighted by molar-refractivity contribution is 5.31. The summed E-state index contributed by atoms with van der Waals surface area (Å²) in [5.41, 5.74) is 3.66. The summed E-state index contributed by atoms with van der Waals surface area (Å²) in [6, 6.07) is 16.5. The van der Waals surface area contributed by atoms with Crippen molar-refractivity contribution in [3.63, 3.8) is 0 Å². The number of hydrogen-bond acceptors (Lipinski definition) is 3. The SMILES string of the molecule is Cc1cccc(CN(CCC(C)C)CC(O)COc2ccccc2C)c1. The van der Waals surface area contributed by atoms with Crippen LogP contribution >= 0.6 is 0 Å². The molecule has 2 rings (SSSR count). The van der Waals surface area contributed by atoms with E-state index in [4.69, 9.17) is 4.74 Å². The number of para-hydroxylation sites is 1. The van der Waals surface area contributed by atoms with Crippen molar-refractivity contribution in [3.05, 3.63) is 65.2 Å². The second-order valence-electron chi connectivity index (χ2n) is 7.64. The quantitative estimate of drug-likeness (QED) is 0.676. The molecule has 0 fully saturated rings. The molecule has 1 unspecified atom stereocenters. The van der Waals surface area contributed by atoms with Gasteiger partial charge in [0.25, 0.3) is 0 Å². The van der Waals surface area contributed by atoms with E-state index in [1.807, 2.05) is 31.2 Å². The molecule has 0 radical (unpaired) electrons. The highest BCUT2D eigenvalue weighted by Gasteiger charge is 2.14. The second-order valence-corrected chi connectivity index (χ2v) is 7.64. The van der Waals surface area contributed by atoms with Crippen molar-refractivity contribution in [1.29, 1.82) is 0 Å². The van der Waals surface area contributed by atoms with Gasteiger partial charge in [-0.2, -0.15) is 0 Å². The molecule has 3 nitrogen and oxygen atoms in total. The first-order chi connectivity index (χ1) is 12.4. The van der Waals surface area contributed by atoms with Crippen molar-refractivity contribution in [1.82, 2.24) is 4.90 Å². The van der Waals surface area contributed by atoms with Gasteiger partial charge in [-0.25, -0.2) is 0 Å². The molecule has 142 valence electrons. The predicted octanol–water partition coefficient (Wildman–Crippen LogP) is 4.59. The number of ether oxygens (including phenoxy) is 1. The Morgan fingerprint density at radius 2 is 1.81 bits per heavy atom. The first kappa shape index (κ1) is 20.5. The molecule has 0 aliphatic carbocycles. The molecular formula is C23H33NO2. The van der Waals surface area contributed by atoms with Crippen LogP contribution in [0, 0.1) is 19.8 Å². The Bertz CT molecular complexity index is 669. The first-order valence-corrected chi connectivity index (χ1v) is 9.58. The topological polar surface area (TPSA) is 32.7 Å². The number of aliphatic hydroxyl groups is 1.